The minimum atomic E-state index is -0.287. The topological polar surface area (TPSA) is 94.8 Å². The molecule has 3 aromatic carbocycles. The first-order chi connectivity index (χ1) is 20.7. The van der Waals surface area contributed by atoms with Crippen LogP contribution in [0.2, 0.25) is 0 Å². The predicted molar refractivity (Wildman–Crippen MR) is 165 cm³/mol. The van der Waals surface area contributed by atoms with Gasteiger partial charge in [-0.05, 0) is 35.4 Å². The molecule has 42 heavy (non-hydrogen) atoms. The summed E-state index contributed by atoms with van der Waals surface area (Å²) < 4.78 is 7.61. The molecule has 0 aliphatic heterocycles. The molecular weight excluding hydrogens is 565 g/mol. The molecule has 6 aromatic rings. The summed E-state index contributed by atoms with van der Waals surface area (Å²) in [6.45, 7) is 0. The molecule has 0 spiro atoms. The fourth-order valence-electron chi connectivity index (χ4n) is 4.54. The number of nitrogens with zero attached hydrogens (tertiary/aromatic N) is 5. The predicted octanol–water partition coefficient (Wildman–Crippen LogP) is 6.61. The second-order valence-electron chi connectivity index (χ2n) is 9.20. The summed E-state index contributed by atoms with van der Waals surface area (Å²) in [6, 6.07) is 31.1. The van der Waals surface area contributed by atoms with Gasteiger partial charge in [-0.1, -0.05) is 84.6 Å². The smallest absolute Gasteiger partial charge is 0.271 e. The van der Waals surface area contributed by atoms with Crippen molar-refractivity contribution in [2.75, 3.05) is 7.11 Å². The van der Waals surface area contributed by atoms with Crippen LogP contribution in [0.5, 0.6) is 5.75 Å². The zero-order valence-electron chi connectivity index (χ0n) is 22.6. The van der Waals surface area contributed by atoms with Crippen LogP contribution >= 0.6 is 23.1 Å². The second-order valence-corrected chi connectivity index (χ2v) is 11.1. The van der Waals surface area contributed by atoms with E-state index in [0.29, 0.717) is 28.2 Å². The van der Waals surface area contributed by atoms with Gasteiger partial charge in [-0.15, -0.1) is 21.5 Å². The summed E-state index contributed by atoms with van der Waals surface area (Å²) >= 11 is 2.94. The van der Waals surface area contributed by atoms with E-state index in [9.17, 15) is 4.79 Å². The van der Waals surface area contributed by atoms with Crippen molar-refractivity contribution >= 4 is 29.0 Å². The van der Waals surface area contributed by atoms with Crippen molar-refractivity contribution in [2.24, 2.45) is 0 Å². The van der Waals surface area contributed by atoms with Crippen LogP contribution in [0.25, 0.3) is 17.1 Å². The van der Waals surface area contributed by atoms with Gasteiger partial charge in [-0.25, -0.2) is 4.98 Å². The van der Waals surface area contributed by atoms with Crippen LogP contribution in [0.15, 0.2) is 120 Å². The maximum atomic E-state index is 13.3. The van der Waals surface area contributed by atoms with Crippen LogP contribution in [0.1, 0.15) is 32.7 Å². The van der Waals surface area contributed by atoms with Crippen LogP contribution in [0, 0.1) is 0 Å². The number of thioether (sulfide) groups is 1. The molecule has 0 aliphatic rings. The molecule has 0 atom stereocenters. The molecule has 3 heterocycles. The van der Waals surface area contributed by atoms with Crippen molar-refractivity contribution in [1.29, 1.82) is 0 Å². The Morgan fingerprint density at radius 3 is 2.33 bits per heavy atom. The standard InChI is InChI=1S/C32H26N6O2S2/c1-40-27-17-9-8-16-26(27)38-30(24-15-10-18-33-19-24)36-37-32(38)42-21-28-34-25(20-41-28)31(39)35-29(22-11-4-2-5-12-22)23-13-6-3-7-14-23/h2-20,29H,21H2,1H3,(H,35,39). The van der Waals surface area contributed by atoms with E-state index in [4.69, 9.17) is 4.74 Å². The Morgan fingerprint density at radius 2 is 1.64 bits per heavy atom. The quantitative estimate of drug-likeness (QED) is 0.180. The lowest BCUT2D eigenvalue weighted by Crippen LogP contribution is -2.29. The van der Waals surface area contributed by atoms with Crippen molar-refractivity contribution in [3.05, 3.63) is 137 Å². The van der Waals surface area contributed by atoms with Gasteiger partial charge in [-0.3, -0.25) is 14.3 Å². The number of thiazole rings is 1. The van der Waals surface area contributed by atoms with Gasteiger partial charge in [0.05, 0.1) is 24.6 Å². The zero-order valence-corrected chi connectivity index (χ0v) is 24.3. The van der Waals surface area contributed by atoms with Gasteiger partial charge in [0.1, 0.15) is 16.5 Å². The second kappa shape index (κ2) is 12.8. The Kier molecular flexibility index (Phi) is 8.34. The van der Waals surface area contributed by atoms with E-state index in [1.807, 2.05) is 102 Å². The summed E-state index contributed by atoms with van der Waals surface area (Å²) in [6.07, 6.45) is 3.48. The number of benzene rings is 3. The summed E-state index contributed by atoms with van der Waals surface area (Å²) in [5.41, 5.74) is 4.04. The highest BCUT2D eigenvalue weighted by Gasteiger charge is 2.22. The summed E-state index contributed by atoms with van der Waals surface area (Å²) in [7, 11) is 1.64. The SMILES string of the molecule is COc1ccccc1-n1c(SCc2nc(C(=O)NC(c3ccccc3)c3ccccc3)cs2)nnc1-c1cccnc1. The van der Waals surface area contributed by atoms with Gasteiger partial charge in [0, 0.05) is 23.3 Å². The van der Waals surface area contributed by atoms with Crippen LogP contribution in [0.4, 0.5) is 0 Å². The van der Waals surface area contributed by atoms with Crippen molar-refractivity contribution < 1.29 is 9.53 Å². The molecule has 3 aromatic heterocycles. The summed E-state index contributed by atoms with van der Waals surface area (Å²) in [5.74, 6) is 1.64. The van der Waals surface area contributed by atoms with E-state index in [1.54, 1.807) is 24.9 Å². The summed E-state index contributed by atoms with van der Waals surface area (Å²) in [4.78, 5) is 22.3. The number of carbonyl (C=O) groups excluding carboxylic acids is 1. The zero-order chi connectivity index (χ0) is 28.7. The molecular formula is C32H26N6O2S2. The highest BCUT2D eigenvalue weighted by molar-refractivity contribution is 7.98. The number of ether oxygens (including phenoxy) is 1. The molecule has 10 heteroatoms. The highest BCUT2D eigenvalue weighted by Crippen LogP contribution is 2.34. The molecule has 208 valence electrons. The van der Waals surface area contributed by atoms with Crippen LogP contribution in [-0.4, -0.2) is 37.7 Å². The number of pyridine rings is 1. The number of para-hydroxylation sites is 2. The van der Waals surface area contributed by atoms with Crippen molar-refractivity contribution in [3.63, 3.8) is 0 Å². The third-order valence-electron chi connectivity index (χ3n) is 6.53. The van der Waals surface area contributed by atoms with Gasteiger partial charge >= 0.3 is 0 Å². The van der Waals surface area contributed by atoms with Crippen molar-refractivity contribution in [1.82, 2.24) is 30.0 Å². The largest absolute Gasteiger partial charge is 0.495 e. The fraction of sp³-hybridized carbons (Fsp3) is 0.0938. The third-order valence-corrected chi connectivity index (χ3v) is 8.50. The van der Waals surface area contributed by atoms with Crippen LogP contribution < -0.4 is 10.1 Å². The molecule has 6 rings (SSSR count). The van der Waals surface area contributed by atoms with Crippen molar-refractivity contribution in [3.8, 4) is 22.8 Å². The Hall–Kier alpha value is -4.80. The first-order valence-corrected chi connectivity index (χ1v) is 15.0. The molecule has 1 N–H and O–H groups in total. The summed E-state index contributed by atoms with van der Waals surface area (Å²) in [5, 5.41) is 15.4. The van der Waals surface area contributed by atoms with E-state index in [2.05, 4.69) is 25.5 Å². The average molecular weight is 591 g/mol. The van der Waals surface area contributed by atoms with Gasteiger partial charge in [0.25, 0.3) is 5.91 Å². The van der Waals surface area contributed by atoms with Gasteiger partial charge < -0.3 is 10.1 Å². The lowest BCUT2D eigenvalue weighted by atomic mass is 9.98. The number of nitrogens with one attached hydrogen (secondary N) is 1. The van der Waals surface area contributed by atoms with Crippen LogP contribution in [0.3, 0.4) is 0 Å². The normalized spacial score (nSPS) is 11.0. The van der Waals surface area contributed by atoms with E-state index in [-0.39, 0.29) is 11.9 Å². The van der Waals surface area contributed by atoms with Crippen molar-refractivity contribution in [2.45, 2.75) is 17.0 Å². The molecule has 0 saturated carbocycles. The minimum absolute atomic E-state index is 0.226. The molecule has 0 aliphatic carbocycles. The Labute approximate surface area is 251 Å². The first kappa shape index (κ1) is 27.4. The molecule has 0 bridgehead atoms. The molecule has 1 amide bonds. The molecule has 0 unspecified atom stereocenters. The third kappa shape index (κ3) is 5.95. The van der Waals surface area contributed by atoms with Gasteiger partial charge in [0.15, 0.2) is 11.0 Å². The maximum absolute atomic E-state index is 13.3. The van der Waals surface area contributed by atoms with Crippen LogP contribution in [-0.2, 0) is 5.75 Å². The van der Waals surface area contributed by atoms with Gasteiger partial charge in [0.2, 0.25) is 0 Å². The fourth-order valence-corrected chi connectivity index (χ4v) is 6.28. The molecule has 8 nitrogen and oxygen atoms in total. The number of methoxy groups -OCH3 is 1. The number of hydrogen-bond acceptors (Lipinski definition) is 8. The lowest BCUT2D eigenvalue weighted by molar-refractivity contribution is 0.0938. The monoisotopic (exact) mass is 590 g/mol. The number of hydrogen-bond donors (Lipinski definition) is 1. The molecule has 0 saturated heterocycles. The minimum Gasteiger partial charge on any atom is -0.495 e. The Bertz CT molecular complexity index is 1740. The molecule has 0 fully saturated rings. The number of carbonyl (C=O) groups is 1. The lowest BCUT2D eigenvalue weighted by Gasteiger charge is -2.19. The van der Waals surface area contributed by atoms with E-state index >= 15 is 0 Å². The van der Waals surface area contributed by atoms with E-state index in [1.165, 1.54) is 23.1 Å². The van der Waals surface area contributed by atoms with Gasteiger partial charge in [-0.2, -0.15) is 0 Å². The highest BCUT2D eigenvalue weighted by atomic mass is 32.2. The first-order valence-electron chi connectivity index (χ1n) is 13.2. The number of amides is 1. The van der Waals surface area contributed by atoms with E-state index < -0.39 is 0 Å². The maximum Gasteiger partial charge on any atom is 0.271 e. The Balaban J connectivity index is 1.23. The number of aromatic nitrogens is 5. The Morgan fingerprint density at radius 1 is 0.929 bits per heavy atom. The molecule has 0 radical (unpaired) electrons. The number of rotatable bonds is 10. The average Bonchev–Trinajstić information content (AvgIpc) is 3.71. The van der Waals surface area contributed by atoms with E-state index in [0.717, 1.165) is 27.4 Å².